The first-order chi connectivity index (χ1) is 10.2. The van der Waals surface area contributed by atoms with E-state index in [-0.39, 0.29) is 0 Å². The SMILES string of the molecule is C[C@@H]1CCCN1CCCOc1ccc2c(c1)CN(C)N=C2. The summed E-state index contributed by atoms with van der Waals surface area (Å²) in [6.45, 7) is 6.39. The first-order valence-electron chi connectivity index (χ1n) is 7.97. The minimum absolute atomic E-state index is 0.753. The van der Waals surface area contributed by atoms with Crippen LogP contribution < -0.4 is 4.74 Å². The molecular formula is C17H25N3O. The predicted molar refractivity (Wildman–Crippen MR) is 85.9 cm³/mol. The van der Waals surface area contributed by atoms with Gasteiger partial charge in [-0.1, -0.05) is 0 Å². The third-order valence-corrected chi connectivity index (χ3v) is 4.46. The molecule has 4 heteroatoms. The van der Waals surface area contributed by atoms with Gasteiger partial charge in [0, 0.05) is 19.6 Å². The summed E-state index contributed by atoms with van der Waals surface area (Å²) in [5.41, 5.74) is 2.49. The Hall–Kier alpha value is -1.55. The Morgan fingerprint density at radius 1 is 1.38 bits per heavy atom. The molecule has 21 heavy (non-hydrogen) atoms. The molecule has 0 aliphatic carbocycles. The molecule has 0 amide bonds. The summed E-state index contributed by atoms with van der Waals surface area (Å²) < 4.78 is 5.91. The largest absolute Gasteiger partial charge is 0.494 e. The lowest BCUT2D eigenvalue weighted by Gasteiger charge is -2.21. The highest BCUT2D eigenvalue weighted by Crippen LogP contribution is 2.21. The lowest BCUT2D eigenvalue weighted by molar-refractivity contribution is 0.230. The molecule has 4 nitrogen and oxygen atoms in total. The predicted octanol–water partition coefficient (Wildman–Crippen LogP) is 2.72. The van der Waals surface area contributed by atoms with Gasteiger partial charge in [-0.3, -0.25) is 5.01 Å². The first kappa shape index (κ1) is 14.4. The number of rotatable bonds is 5. The molecule has 114 valence electrons. The Balaban J connectivity index is 1.47. The Labute approximate surface area is 127 Å². The van der Waals surface area contributed by atoms with E-state index in [9.17, 15) is 0 Å². The normalized spacial score (nSPS) is 21.6. The molecule has 0 aromatic heterocycles. The second-order valence-corrected chi connectivity index (χ2v) is 6.15. The minimum atomic E-state index is 0.753. The van der Waals surface area contributed by atoms with Crippen molar-refractivity contribution in [3.63, 3.8) is 0 Å². The van der Waals surface area contributed by atoms with Gasteiger partial charge in [-0.15, -0.1) is 0 Å². The van der Waals surface area contributed by atoms with E-state index in [0.29, 0.717) is 0 Å². The van der Waals surface area contributed by atoms with Crippen LogP contribution in [-0.4, -0.2) is 48.9 Å². The zero-order valence-electron chi connectivity index (χ0n) is 13.1. The van der Waals surface area contributed by atoms with Gasteiger partial charge in [-0.25, -0.2) is 0 Å². The van der Waals surface area contributed by atoms with Crippen molar-refractivity contribution in [2.24, 2.45) is 5.10 Å². The summed E-state index contributed by atoms with van der Waals surface area (Å²) in [5, 5.41) is 6.23. The van der Waals surface area contributed by atoms with Gasteiger partial charge in [-0.2, -0.15) is 5.10 Å². The molecule has 0 radical (unpaired) electrons. The highest BCUT2D eigenvalue weighted by molar-refractivity contribution is 5.82. The van der Waals surface area contributed by atoms with E-state index in [1.807, 2.05) is 18.3 Å². The van der Waals surface area contributed by atoms with E-state index in [1.165, 1.54) is 30.5 Å². The fourth-order valence-electron chi connectivity index (χ4n) is 3.17. The molecule has 0 bridgehead atoms. The number of fused-ring (bicyclic) bond motifs is 1. The van der Waals surface area contributed by atoms with Gasteiger partial charge >= 0.3 is 0 Å². The third kappa shape index (κ3) is 3.56. The topological polar surface area (TPSA) is 28.1 Å². The quantitative estimate of drug-likeness (QED) is 0.780. The van der Waals surface area contributed by atoms with Crippen LogP contribution in [0.25, 0.3) is 0 Å². The fraction of sp³-hybridized carbons (Fsp3) is 0.588. The number of hydrogen-bond donors (Lipinski definition) is 0. The molecular weight excluding hydrogens is 262 g/mol. The van der Waals surface area contributed by atoms with Gasteiger partial charge in [-0.05, 0) is 62.1 Å². The average Bonchev–Trinajstić information content (AvgIpc) is 2.88. The number of nitrogens with zero attached hydrogens (tertiary/aromatic N) is 3. The molecule has 0 spiro atoms. The Morgan fingerprint density at radius 3 is 3.10 bits per heavy atom. The van der Waals surface area contributed by atoms with Crippen molar-refractivity contribution in [3.05, 3.63) is 29.3 Å². The maximum atomic E-state index is 5.91. The van der Waals surface area contributed by atoms with Crippen LogP contribution in [0.2, 0.25) is 0 Å². The van der Waals surface area contributed by atoms with E-state index in [4.69, 9.17) is 4.74 Å². The van der Waals surface area contributed by atoms with Crippen LogP contribution in [0.15, 0.2) is 23.3 Å². The molecule has 0 unspecified atom stereocenters. The lowest BCUT2D eigenvalue weighted by Crippen LogP contribution is -2.28. The molecule has 2 heterocycles. The van der Waals surface area contributed by atoms with Crippen molar-refractivity contribution < 1.29 is 4.74 Å². The van der Waals surface area contributed by atoms with E-state index >= 15 is 0 Å². The van der Waals surface area contributed by atoms with Crippen molar-refractivity contribution in [1.29, 1.82) is 0 Å². The minimum Gasteiger partial charge on any atom is -0.494 e. The van der Waals surface area contributed by atoms with Crippen molar-refractivity contribution in [2.75, 3.05) is 26.7 Å². The molecule has 1 aromatic carbocycles. The summed E-state index contributed by atoms with van der Waals surface area (Å²) in [5.74, 6) is 0.979. The number of hydrazone groups is 1. The van der Waals surface area contributed by atoms with Gasteiger partial charge < -0.3 is 9.64 Å². The highest BCUT2D eigenvalue weighted by atomic mass is 16.5. The fourth-order valence-corrected chi connectivity index (χ4v) is 3.17. The zero-order chi connectivity index (χ0) is 14.7. The van der Waals surface area contributed by atoms with Crippen LogP contribution >= 0.6 is 0 Å². The van der Waals surface area contributed by atoms with Crippen LogP contribution in [0.5, 0.6) is 5.75 Å². The maximum Gasteiger partial charge on any atom is 0.119 e. The highest BCUT2D eigenvalue weighted by Gasteiger charge is 2.19. The number of ether oxygens (including phenoxy) is 1. The van der Waals surface area contributed by atoms with E-state index in [1.54, 1.807) is 0 Å². The summed E-state index contributed by atoms with van der Waals surface area (Å²) in [6.07, 6.45) is 5.71. The Morgan fingerprint density at radius 2 is 2.29 bits per heavy atom. The van der Waals surface area contributed by atoms with Gasteiger partial charge in [0.25, 0.3) is 0 Å². The molecule has 0 N–H and O–H groups in total. The van der Waals surface area contributed by atoms with E-state index < -0.39 is 0 Å². The summed E-state index contributed by atoms with van der Waals surface area (Å²) >= 11 is 0. The molecule has 1 atom stereocenters. The molecule has 3 rings (SSSR count). The van der Waals surface area contributed by atoms with Crippen LogP contribution in [0, 0.1) is 0 Å². The standard InChI is InChI=1S/C17H25N3O/c1-14-5-3-8-20(14)9-4-10-21-17-7-6-15-12-18-19(2)13-16(15)11-17/h6-7,11-12,14H,3-5,8-10,13H2,1-2H3/t14-/m1/s1. The van der Waals surface area contributed by atoms with E-state index in [2.05, 4.69) is 35.1 Å². The number of hydrogen-bond acceptors (Lipinski definition) is 4. The molecule has 2 aliphatic rings. The molecule has 1 saturated heterocycles. The summed E-state index contributed by atoms with van der Waals surface area (Å²) in [7, 11) is 1.99. The second kappa shape index (κ2) is 6.48. The van der Waals surface area contributed by atoms with Crippen molar-refractivity contribution in [3.8, 4) is 5.75 Å². The van der Waals surface area contributed by atoms with Crippen LogP contribution in [0.4, 0.5) is 0 Å². The Bertz CT molecular complexity index is 515. The van der Waals surface area contributed by atoms with Gasteiger partial charge in [0.2, 0.25) is 0 Å². The molecule has 1 fully saturated rings. The van der Waals surface area contributed by atoms with Crippen molar-refractivity contribution in [2.45, 2.75) is 38.8 Å². The number of benzene rings is 1. The first-order valence-corrected chi connectivity index (χ1v) is 7.97. The monoisotopic (exact) mass is 287 g/mol. The smallest absolute Gasteiger partial charge is 0.119 e. The maximum absolute atomic E-state index is 5.91. The molecule has 1 aromatic rings. The van der Waals surface area contributed by atoms with Gasteiger partial charge in [0.05, 0.1) is 19.4 Å². The summed E-state index contributed by atoms with van der Waals surface area (Å²) in [6, 6.07) is 7.05. The van der Waals surface area contributed by atoms with Crippen molar-refractivity contribution >= 4 is 6.21 Å². The van der Waals surface area contributed by atoms with Gasteiger partial charge in [0.1, 0.15) is 5.75 Å². The van der Waals surface area contributed by atoms with Crippen molar-refractivity contribution in [1.82, 2.24) is 9.91 Å². The van der Waals surface area contributed by atoms with Crippen LogP contribution in [-0.2, 0) is 6.54 Å². The average molecular weight is 287 g/mol. The summed E-state index contributed by atoms with van der Waals surface area (Å²) in [4.78, 5) is 2.57. The molecule has 2 aliphatic heterocycles. The van der Waals surface area contributed by atoms with E-state index in [0.717, 1.165) is 37.9 Å². The van der Waals surface area contributed by atoms with Crippen LogP contribution in [0.3, 0.4) is 0 Å². The lowest BCUT2D eigenvalue weighted by atomic mass is 10.1. The van der Waals surface area contributed by atoms with Crippen LogP contribution in [0.1, 0.15) is 37.3 Å². The molecule has 0 saturated carbocycles. The zero-order valence-corrected chi connectivity index (χ0v) is 13.1. The number of likely N-dealkylation sites (tertiary alicyclic amines) is 1. The van der Waals surface area contributed by atoms with Gasteiger partial charge in [0.15, 0.2) is 0 Å². The third-order valence-electron chi connectivity index (χ3n) is 4.46. The Kier molecular flexibility index (Phi) is 4.44. The second-order valence-electron chi connectivity index (χ2n) is 6.15.